The van der Waals surface area contributed by atoms with Crippen molar-refractivity contribution in [3.8, 4) is 0 Å². The molecule has 3 heterocycles. The molecule has 9 nitrogen and oxygen atoms in total. The molecule has 0 bridgehead atoms. The van der Waals surface area contributed by atoms with Gasteiger partial charge in [-0.3, -0.25) is 4.79 Å². The number of nitrogens with zero attached hydrogens (tertiary/aromatic N) is 1. The Kier molecular flexibility index (Phi) is 11.3. The van der Waals surface area contributed by atoms with E-state index in [2.05, 4.69) is 5.48 Å². The van der Waals surface area contributed by atoms with Crippen molar-refractivity contribution in [1.29, 1.82) is 0 Å². The number of hydroxylamine groups is 1. The quantitative estimate of drug-likeness (QED) is 0.297. The Morgan fingerprint density at radius 2 is 1.69 bits per heavy atom. The van der Waals surface area contributed by atoms with E-state index in [1.165, 1.54) is 4.31 Å². The van der Waals surface area contributed by atoms with Gasteiger partial charge in [-0.1, -0.05) is 12.8 Å². The van der Waals surface area contributed by atoms with E-state index in [4.69, 9.17) is 19.0 Å². The molecule has 3 saturated heterocycles. The molecule has 0 aliphatic carbocycles. The minimum Gasteiger partial charge on any atom is -0.381 e. The van der Waals surface area contributed by atoms with Gasteiger partial charge >= 0.3 is 6.18 Å². The van der Waals surface area contributed by atoms with Crippen LogP contribution in [0.25, 0.3) is 0 Å². The summed E-state index contributed by atoms with van der Waals surface area (Å²) in [6.07, 6.45) is -0.0633. The maximum Gasteiger partial charge on any atom is 0.389 e. The fourth-order valence-corrected chi connectivity index (χ4v) is 6.98. The third-order valence-electron chi connectivity index (χ3n) is 7.08. The topological polar surface area (TPSA) is 103 Å². The van der Waals surface area contributed by atoms with Crippen molar-refractivity contribution in [2.75, 3.05) is 39.5 Å². The van der Waals surface area contributed by atoms with Gasteiger partial charge in [-0.2, -0.15) is 13.2 Å². The van der Waals surface area contributed by atoms with Crippen LogP contribution in [-0.4, -0.2) is 81.5 Å². The largest absolute Gasteiger partial charge is 0.389 e. The molecule has 13 heteroatoms. The summed E-state index contributed by atoms with van der Waals surface area (Å²) in [6.45, 7) is 1.77. The zero-order valence-corrected chi connectivity index (χ0v) is 21.5. The smallest absolute Gasteiger partial charge is 0.381 e. The fraction of sp³-hybridized carbons (Fsp3) is 0.957. The number of nitrogens with one attached hydrogen (secondary N) is 1. The second-order valence-electron chi connectivity index (χ2n) is 9.71. The first-order valence-corrected chi connectivity index (χ1v) is 14.4. The van der Waals surface area contributed by atoms with Crippen LogP contribution in [-0.2, 0) is 33.9 Å². The van der Waals surface area contributed by atoms with Crippen LogP contribution in [0.5, 0.6) is 0 Å². The number of carbonyl (C=O) groups excluding carboxylic acids is 1. The van der Waals surface area contributed by atoms with Crippen molar-refractivity contribution >= 4 is 15.9 Å². The predicted octanol–water partition coefficient (Wildman–Crippen LogP) is 3.43. The molecule has 0 aromatic carbocycles. The number of alkyl halides is 3. The van der Waals surface area contributed by atoms with Gasteiger partial charge in [-0.15, -0.1) is 0 Å². The Bertz CT molecular complexity index is 777. The third kappa shape index (κ3) is 8.26. The summed E-state index contributed by atoms with van der Waals surface area (Å²) < 4.78 is 80.3. The van der Waals surface area contributed by atoms with Crippen LogP contribution in [0.1, 0.15) is 77.0 Å². The minimum absolute atomic E-state index is 0.0425. The summed E-state index contributed by atoms with van der Waals surface area (Å²) in [5.41, 5.74) is 2.36. The lowest BCUT2D eigenvalue weighted by molar-refractivity contribution is -0.202. The average Bonchev–Trinajstić information content (AvgIpc) is 2.87. The highest BCUT2D eigenvalue weighted by Gasteiger charge is 2.55. The van der Waals surface area contributed by atoms with Gasteiger partial charge in [0.05, 0.1) is 6.10 Å². The minimum atomic E-state index is -4.11. The molecule has 3 rings (SSSR count). The number of carbonyl (C=O) groups is 1. The SMILES string of the molecule is O=C(NOC1CCCCO1)C1(S(=O)(=O)N2CCC(OCCCCCCC(F)(F)F)CC2)CCOCC1. The number of halogens is 3. The molecule has 0 aromatic rings. The first kappa shape index (κ1) is 29.6. The normalized spacial score (nSPS) is 24.5. The number of sulfonamides is 1. The van der Waals surface area contributed by atoms with Crippen LogP contribution in [0.15, 0.2) is 0 Å². The van der Waals surface area contributed by atoms with E-state index in [9.17, 15) is 26.4 Å². The van der Waals surface area contributed by atoms with Gasteiger partial charge in [0.25, 0.3) is 5.91 Å². The van der Waals surface area contributed by atoms with Crippen LogP contribution >= 0.6 is 0 Å². The highest BCUT2D eigenvalue weighted by atomic mass is 32.2. The first-order chi connectivity index (χ1) is 17.1. The Hall–Kier alpha value is -0.990. The highest BCUT2D eigenvalue weighted by Crippen LogP contribution is 2.35. The van der Waals surface area contributed by atoms with Crippen LogP contribution in [0, 0.1) is 0 Å². The second-order valence-corrected chi connectivity index (χ2v) is 12.0. The van der Waals surface area contributed by atoms with E-state index in [-0.39, 0.29) is 51.7 Å². The van der Waals surface area contributed by atoms with Crippen molar-refractivity contribution < 1.29 is 45.4 Å². The number of hydrogen-bond donors (Lipinski definition) is 1. The summed E-state index contributed by atoms with van der Waals surface area (Å²) in [5, 5.41) is 0. The van der Waals surface area contributed by atoms with Crippen LogP contribution in [0.2, 0.25) is 0 Å². The average molecular weight is 545 g/mol. The lowest BCUT2D eigenvalue weighted by Crippen LogP contribution is -2.61. The van der Waals surface area contributed by atoms with Gasteiger partial charge in [0.1, 0.15) is 0 Å². The Morgan fingerprint density at radius 1 is 1.00 bits per heavy atom. The van der Waals surface area contributed by atoms with Crippen LogP contribution in [0.4, 0.5) is 13.2 Å². The van der Waals surface area contributed by atoms with E-state index in [0.29, 0.717) is 51.7 Å². The van der Waals surface area contributed by atoms with Crippen molar-refractivity contribution in [3.63, 3.8) is 0 Å². The maximum atomic E-state index is 13.7. The summed E-state index contributed by atoms with van der Waals surface area (Å²) >= 11 is 0. The number of rotatable bonds is 12. The molecule has 1 atom stereocenters. The molecule has 3 aliphatic rings. The molecular formula is C23H39F3N2O7S. The molecule has 210 valence electrons. The van der Waals surface area contributed by atoms with Gasteiger partial charge < -0.3 is 14.2 Å². The summed E-state index contributed by atoms with van der Waals surface area (Å²) in [5.74, 6) is -0.691. The third-order valence-corrected chi connectivity index (χ3v) is 9.70. The highest BCUT2D eigenvalue weighted by molar-refractivity contribution is 7.91. The monoisotopic (exact) mass is 544 g/mol. The Balaban J connectivity index is 1.45. The molecule has 0 radical (unpaired) electrons. The first-order valence-electron chi connectivity index (χ1n) is 13.0. The van der Waals surface area contributed by atoms with Gasteiger partial charge in [-0.25, -0.2) is 23.0 Å². The number of unbranched alkanes of at least 4 members (excludes halogenated alkanes) is 3. The standard InChI is InChI=1S/C23H39F3N2O7S/c24-23(25,26)10-4-1-2-5-15-33-19-8-13-28(14-9-19)36(30,31)22(11-17-32-18-12-22)21(29)27-35-20-7-3-6-16-34-20/h19-20H,1-18H2,(H,27,29). The number of ether oxygens (including phenoxy) is 3. The zero-order chi connectivity index (χ0) is 26.1. The van der Waals surface area contributed by atoms with E-state index in [1.54, 1.807) is 0 Å². The van der Waals surface area contributed by atoms with Gasteiger partial charge in [0, 0.05) is 65.2 Å². The summed E-state index contributed by atoms with van der Waals surface area (Å²) in [6, 6.07) is 0. The van der Waals surface area contributed by atoms with Crippen LogP contribution in [0.3, 0.4) is 0 Å². The van der Waals surface area contributed by atoms with Crippen molar-refractivity contribution in [2.24, 2.45) is 0 Å². The van der Waals surface area contributed by atoms with Gasteiger partial charge in [-0.05, 0) is 38.5 Å². The molecule has 0 saturated carbocycles. The van der Waals surface area contributed by atoms with E-state index in [0.717, 1.165) is 12.8 Å². The van der Waals surface area contributed by atoms with Crippen molar-refractivity contribution in [1.82, 2.24) is 9.79 Å². The van der Waals surface area contributed by atoms with E-state index >= 15 is 0 Å². The lowest BCUT2D eigenvalue weighted by Gasteiger charge is -2.41. The molecule has 3 fully saturated rings. The molecule has 3 aliphatic heterocycles. The predicted molar refractivity (Wildman–Crippen MR) is 124 cm³/mol. The maximum absolute atomic E-state index is 13.7. The van der Waals surface area contributed by atoms with Gasteiger partial charge in [0.2, 0.25) is 10.0 Å². The Labute approximate surface area is 211 Å². The molecule has 1 N–H and O–H groups in total. The molecule has 0 spiro atoms. The van der Waals surface area contributed by atoms with E-state index in [1.807, 2.05) is 0 Å². The summed E-state index contributed by atoms with van der Waals surface area (Å²) in [7, 11) is -4.00. The molecule has 1 amide bonds. The lowest BCUT2D eigenvalue weighted by atomic mass is 9.98. The fourth-order valence-electron chi connectivity index (χ4n) is 4.84. The zero-order valence-electron chi connectivity index (χ0n) is 20.7. The summed E-state index contributed by atoms with van der Waals surface area (Å²) in [4.78, 5) is 18.6. The second kappa shape index (κ2) is 13.7. The number of hydrogen-bond acceptors (Lipinski definition) is 7. The van der Waals surface area contributed by atoms with Crippen molar-refractivity contribution in [3.05, 3.63) is 0 Å². The molecular weight excluding hydrogens is 505 g/mol. The molecule has 0 aromatic heterocycles. The van der Waals surface area contributed by atoms with Gasteiger partial charge in [0.15, 0.2) is 11.0 Å². The van der Waals surface area contributed by atoms with Crippen LogP contribution < -0.4 is 5.48 Å². The molecule has 36 heavy (non-hydrogen) atoms. The Morgan fingerprint density at radius 3 is 2.33 bits per heavy atom. The van der Waals surface area contributed by atoms with Crippen molar-refractivity contribution in [2.45, 2.75) is 100 Å². The van der Waals surface area contributed by atoms with E-state index < -0.39 is 39.6 Å². The number of piperidine rings is 1. The molecule has 1 unspecified atom stereocenters. The number of amides is 1.